The van der Waals surface area contributed by atoms with Crippen molar-refractivity contribution in [3.05, 3.63) is 40.6 Å². The molecule has 1 amide bonds. The molecule has 1 aromatic heterocycles. The first-order chi connectivity index (χ1) is 15.2. The zero-order chi connectivity index (χ0) is 22.9. The van der Waals surface area contributed by atoms with Crippen molar-refractivity contribution in [3.8, 4) is 11.8 Å². The van der Waals surface area contributed by atoms with Crippen molar-refractivity contribution in [3.63, 3.8) is 0 Å². The number of hydrogen-bond donors (Lipinski definition) is 0. The van der Waals surface area contributed by atoms with Crippen LogP contribution in [0.3, 0.4) is 0 Å². The molecule has 2 aliphatic heterocycles. The molecule has 4 rings (SSSR count). The smallest absolute Gasteiger partial charge is 0.442 e. The second-order valence-electron chi connectivity index (χ2n) is 7.12. The lowest BCUT2D eigenvalue weighted by Crippen LogP contribution is -2.50. The van der Waals surface area contributed by atoms with E-state index < -0.39 is 23.5 Å². The van der Waals surface area contributed by atoms with Gasteiger partial charge in [-0.25, -0.2) is 4.79 Å². The molecule has 32 heavy (non-hydrogen) atoms. The van der Waals surface area contributed by atoms with Gasteiger partial charge < -0.3 is 34.1 Å². The molecule has 0 spiro atoms. The standard InChI is InChI=1S/C18H18F3N5O6/c19-18(20,21)32-13-3-1-12(2-4-13)23-5-7-24(8-6-23)17(27)31-14-9-25-10-15(26(28)29)22-16(25)30-11-14/h1-4,10,14H,5-9,11H2. The molecule has 1 aromatic carbocycles. The number of anilines is 1. The fourth-order valence-electron chi connectivity index (χ4n) is 3.45. The van der Waals surface area contributed by atoms with Crippen molar-refractivity contribution >= 4 is 17.6 Å². The van der Waals surface area contributed by atoms with Crippen LogP contribution in [-0.4, -0.2) is 70.7 Å². The molecule has 172 valence electrons. The topological polar surface area (TPSA) is 112 Å². The molecule has 1 fully saturated rings. The quantitative estimate of drug-likeness (QED) is 0.508. The van der Waals surface area contributed by atoms with Crippen molar-refractivity contribution in [2.75, 3.05) is 37.7 Å². The summed E-state index contributed by atoms with van der Waals surface area (Å²) in [5.41, 5.74) is 0.711. The Labute approximate surface area is 179 Å². The monoisotopic (exact) mass is 457 g/mol. The maximum Gasteiger partial charge on any atom is 0.573 e. The lowest BCUT2D eigenvalue weighted by atomic mass is 10.2. The van der Waals surface area contributed by atoms with Crippen LogP contribution in [0.2, 0.25) is 0 Å². The molecule has 0 N–H and O–H groups in total. The number of fused-ring (bicyclic) bond motifs is 1. The number of carbonyl (C=O) groups excluding carboxylic acids is 1. The Kier molecular flexibility index (Phi) is 5.67. The highest BCUT2D eigenvalue weighted by molar-refractivity contribution is 5.68. The predicted molar refractivity (Wildman–Crippen MR) is 102 cm³/mol. The minimum Gasteiger partial charge on any atom is -0.442 e. The van der Waals surface area contributed by atoms with Crippen molar-refractivity contribution < 1.29 is 37.1 Å². The molecular formula is C18H18F3N5O6. The highest BCUT2D eigenvalue weighted by atomic mass is 19.4. The van der Waals surface area contributed by atoms with E-state index in [1.807, 2.05) is 4.90 Å². The number of aromatic nitrogens is 2. The van der Waals surface area contributed by atoms with Gasteiger partial charge in [0.15, 0.2) is 6.10 Å². The number of halogens is 3. The van der Waals surface area contributed by atoms with E-state index in [1.165, 1.54) is 39.9 Å². The number of benzene rings is 1. The Balaban J connectivity index is 1.27. The first-order valence-electron chi connectivity index (χ1n) is 9.58. The molecule has 0 aliphatic carbocycles. The van der Waals surface area contributed by atoms with Gasteiger partial charge in [-0.3, -0.25) is 4.57 Å². The number of piperazine rings is 1. The summed E-state index contributed by atoms with van der Waals surface area (Å²) in [6, 6.07) is 5.62. The van der Waals surface area contributed by atoms with Gasteiger partial charge in [0.1, 0.15) is 18.6 Å². The Morgan fingerprint density at radius 1 is 1.19 bits per heavy atom. The normalized spacial score (nSPS) is 18.5. The predicted octanol–water partition coefficient (Wildman–Crippen LogP) is 2.41. The number of ether oxygens (including phenoxy) is 3. The van der Waals surface area contributed by atoms with E-state index in [4.69, 9.17) is 9.47 Å². The number of rotatable bonds is 4. The molecule has 1 saturated heterocycles. The fourth-order valence-corrected chi connectivity index (χ4v) is 3.45. The molecule has 2 aliphatic rings. The van der Waals surface area contributed by atoms with E-state index in [9.17, 15) is 28.1 Å². The van der Waals surface area contributed by atoms with Gasteiger partial charge in [-0.15, -0.1) is 13.2 Å². The SMILES string of the molecule is O=C(OC1COc2nc([N+](=O)[O-])cn2C1)N1CCN(c2ccc(OC(F)(F)F)cc2)CC1. The lowest BCUT2D eigenvalue weighted by molar-refractivity contribution is -0.389. The lowest BCUT2D eigenvalue weighted by Gasteiger charge is -2.36. The van der Waals surface area contributed by atoms with Gasteiger partial charge in [0.25, 0.3) is 0 Å². The van der Waals surface area contributed by atoms with E-state index in [2.05, 4.69) is 9.72 Å². The first kappa shape index (κ1) is 21.5. The van der Waals surface area contributed by atoms with Crippen LogP contribution in [0.5, 0.6) is 11.8 Å². The average Bonchev–Trinajstić information content (AvgIpc) is 3.17. The number of nitrogens with zero attached hydrogens (tertiary/aromatic N) is 5. The Morgan fingerprint density at radius 2 is 1.88 bits per heavy atom. The van der Waals surface area contributed by atoms with Crippen molar-refractivity contribution in [2.24, 2.45) is 0 Å². The summed E-state index contributed by atoms with van der Waals surface area (Å²) in [5, 5.41) is 10.8. The molecule has 11 nitrogen and oxygen atoms in total. The van der Waals surface area contributed by atoms with E-state index in [0.717, 1.165) is 0 Å². The van der Waals surface area contributed by atoms with Crippen molar-refractivity contribution in [2.45, 2.75) is 19.0 Å². The van der Waals surface area contributed by atoms with Crippen LogP contribution in [0, 0.1) is 10.1 Å². The highest BCUT2D eigenvalue weighted by Gasteiger charge is 2.32. The Bertz CT molecular complexity index is 988. The zero-order valence-corrected chi connectivity index (χ0v) is 16.5. The van der Waals surface area contributed by atoms with Crippen LogP contribution in [0.25, 0.3) is 0 Å². The molecule has 0 radical (unpaired) electrons. The molecule has 14 heteroatoms. The van der Waals surface area contributed by atoms with E-state index >= 15 is 0 Å². The van der Waals surface area contributed by atoms with Crippen LogP contribution in [-0.2, 0) is 11.3 Å². The summed E-state index contributed by atoms with van der Waals surface area (Å²) in [6.45, 7) is 1.87. The summed E-state index contributed by atoms with van der Waals surface area (Å²) in [6.07, 6.45) is -4.68. The summed E-state index contributed by atoms with van der Waals surface area (Å²) in [4.78, 5) is 29.9. The fraction of sp³-hybridized carbons (Fsp3) is 0.444. The number of imidazole rings is 1. The number of alkyl halides is 3. The summed E-state index contributed by atoms with van der Waals surface area (Å²) in [7, 11) is 0. The van der Waals surface area contributed by atoms with E-state index in [-0.39, 0.29) is 30.7 Å². The molecule has 1 unspecified atom stereocenters. The molecule has 2 aromatic rings. The first-order valence-corrected chi connectivity index (χ1v) is 9.58. The second-order valence-corrected chi connectivity index (χ2v) is 7.12. The van der Waals surface area contributed by atoms with Gasteiger partial charge in [-0.05, 0) is 29.2 Å². The number of nitro groups is 1. The number of carbonyl (C=O) groups is 1. The molecular weight excluding hydrogens is 439 g/mol. The minimum absolute atomic E-state index is 0.0339. The van der Waals surface area contributed by atoms with E-state index in [0.29, 0.717) is 31.9 Å². The largest absolute Gasteiger partial charge is 0.573 e. The maximum atomic E-state index is 12.5. The molecule has 3 heterocycles. The average molecular weight is 457 g/mol. The van der Waals surface area contributed by atoms with Crippen LogP contribution in [0.4, 0.5) is 29.5 Å². The third-order valence-corrected chi connectivity index (χ3v) is 4.95. The number of amides is 1. The molecule has 0 bridgehead atoms. The van der Waals surface area contributed by atoms with Gasteiger partial charge in [0.05, 0.1) is 6.54 Å². The molecule has 1 atom stereocenters. The van der Waals surface area contributed by atoms with Crippen molar-refractivity contribution in [1.82, 2.24) is 14.5 Å². The maximum absolute atomic E-state index is 12.5. The van der Waals surface area contributed by atoms with Gasteiger partial charge in [0.2, 0.25) is 0 Å². The minimum atomic E-state index is -4.75. The zero-order valence-electron chi connectivity index (χ0n) is 16.5. The second kappa shape index (κ2) is 8.43. The van der Waals surface area contributed by atoms with Gasteiger partial charge >= 0.3 is 24.3 Å². The van der Waals surface area contributed by atoms with Crippen LogP contribution in [0.15, 0.2) is 30.5 Å². The Hall–Kier alpha value is -3.71. The summed E-state index contributed by atoms with van der Waals surface area (Å²) in [5.74, 6) is -0.648. The Morgan fingerprint density at radius 3 is 2.50 bits per heavy atom. The van der Waals surface area contributed by atoms with Crippen molar-refractivity contribution in [1.29, 1.82) is 0 Å². The van der Waals surface area contributed by atoms with Gasteiger partial charge in [-0.1, -0.05) is 0 Å². The third kappa shape index (κ3) is 4.95. The molecule has 0 saturated carbocycles. The van der Waals surface area contributed by atoms with E-state index in [1.54, 1.807) is 0 Å². The third-order valence-electron chi connectivity index (χ3n) is 4.95. The van der Waals surface area contributed by atoms with Gasteiger partial charge in [0, 0.05) is 36.9 Å². The van der Waals surface area contributed by atoms with Crippen LogP contribution in [0.1, 0.15) is 0 Å². The highest BCUT2D eigenvalue weighted by Crippen LogP contribution is 2.26. The summed E-state index contributed by atoms with van der Waals surface area (Å²) >= 11 is 0. The van der Waals surface area contributed by atoms with Crippen LogP contribution >= 0.6 is 0 Å². The number of hydrogen-bond acceptors (Lipinski definition) is 8. The van der Waals surface area contributed by atoms with Crippen LogP contribution < -0.4 is 14.4 Å². The summed E-state index contributed by atoms with van der Waals surface area (Å²) < 4.78 is 52.9. The van der Waals surface area contributed by atoms with Gasteiger partial charge in [-0.2, -0.15) is 0 Å².